The first-order valence-corrected chi connectivity index (χ1v) is 8.79. The summed E-state index contributed by atoms with van der Waals surface area (Å²) in [6.07, 6.45) is 9.03. The second-order valence-electron chi connectivity index (χ2n) is 6.14. The molecule has 128 valence electrons. The summed E-state index contributed by atoms with van der Waals surface area (Å²) in [6, 6.07) is 14.9. The van der Waals surface area contributed by atoms with Gasteiger partial charge in [-0.15, -0.1) is 0 Å². The predicted octanol–water partition coefficient (Wildman–Crippen LogP) is 6.24. The van der Waals surface area contributed by atoms with Crippen LogP contribution in [-0.4, -0.2) is 4.92 Å². The molecule has 0 radical (unpaired) electrons. The van der Waals surface area contributed by atoms with Gasteiger partial charge >= 0.3 is 0 Å². The largest absolute Gasteiger partial charge is 0.356 e. The molecule has 2 aromatic rings. The monoisotopic (exact) mass is 326 g/mol. The number of anilines is 2. The fourth-order valence-electron chi connectivity index (χ4n) is 2.70. The first-order valence-electron chi connectivity index (χ1n) is 8.79. The Bertz CT molecular complexity index is 621. The number of nitro groups is 1. The van der Waals surface area contributed by atoms with Gasteiger partial charge in [-0.3, -0.25) is 10.1 Å². The summed E-state index contributed by atoms with van der Waals surface area (Å²) >= 11 is 0. The molecular formula is C20H26N2O2. The SMILES string of the molecule is CCCCCCCCc1ccc(Nc2ccc([N+](=O)[O-])cc2)cc1. The summed E-state index contributed by atoms with van der Waals surface area (Å²) in [4.78, 5) is 10.3. The van der Waals surface area contributed by atoms with E-state index in [2.05, 4.69) is 36.5 Å². The van der Waals surface area contributed by atoms with Gasteiger partial charge in [0, 0.05) is 23.5 Å². The molecule has 0 spiro atoms. The highest BCUT2D eigenvalue weighted by Gasteiger charge is 2.04. The van der Waals surface area contributed by atoms with Gasteiger partial charge in [0.2, 0.25) is 0 Å². The molecule has 0 fully saturated rings. The molecule has 4 heteroatoms. The fraction of sp³-hybridized carbons (Fsp3) is 0.400. The number of nitrogens with zero attached hydrogens (tertiary/aromatic N) is 1. The van der Waals surface area contributed by atoms with Crippen molar-refractivity contribution in [1.82, 2.24) is 0 Å². The number of nitro benzene ring substituents is 1. The number of hydrogen-bond acceptors (Lipinski definition) is 3. The number of rotatable bonds is 10. The summed E-state index contributed by atoms with van der Waals surface area (Å²) in [7, 11) is 0. The van der Waals surface area contributed by atoms with Crippen molar-refractivity contribution in [2.45, 2.75) is 51.9 Å². The van der Waals surface area contributed by atoms with Gasteiger partial charge < -0.3 is 5.32 Å². The predicted molar refractivity (Wildman–Crippen MR) is 99.9 cm³/mol. The summed E-state index contributed by atoms with van der Waals surface area (Å²) in [5.41, 5.74) is 3.31. The van der Waals surface area contributed by atoms with Gasteiger partial charge in [0.05, 0.1) is 4.92 Å². The van der Waals surface area contributed by atoms with Gasteiger partial charge in [0.1, 0.15) is 0 Å². The van der Waals surface area contributed by atoms with E-state index in [9.17, 15) is 10.1 Å². The third-order valence-corrected chi connectivity index (χ3v) is 4.14. The average Bonchev–Trinajstić information content (AvgIpc) is 2.60. The average molecular weight is 326 g/mol. The van der Waals surface area contributed by atoms with E-state index in [-0.39, 0.29) is 10.6 Å². The molecular weight excluding hydrogens is 300 g/mol. The highest BCUT2D eigenvalue weighted by molar-refractivity contribution is 5.61. The zero-order valence-corrected chi connectivity index (χ0v) is 14.3. The van der Waals surface area contributed by atoms with Crippen LogP contribution in [0.2, 0.25) is 0 Å². The molecule has 0 saturated heterocycles. The van der Waals surface area contributed by atoms with Gasteiger partial charge in [-0.05, 0) is 42.7 Å². The van der Waals surface area contributed by atoms with Gasteiger partial charge in [0.15, 0.2) is 0 Å². The van der Waals surface area contributed by atoms with Gasteiger partial charge in [-0.25, -0.2) is 0 Å². The first-order chi connectivity index (χ1) is 11.7. The van der Waals surface area contributed by atoms with Crippen LogP contribution in [0.3, 0.4) is 0 Å². The summed E-state index contributed by atoms with van der Waals surface area (Å²) in [6.45, 7) is 2.24. The van der Waals surface area contributed by atoms with Crippen molar-refractivity contribution in [3.05, 3.63) is 64.2 Å². The minimum atomic E-state index is -0.388. The minimum Gasteiger partial charge on any atom is -0.356 e. The Hall–Kier alpha value is -2.36. The number of aryl methyl sites for hydroxylation is 1. The molecule has 24 heavy (non-hydrogen) atoms. The van der Waals surface area contributed by atoms with E-state index in [0.29, 0.717) is 0 Å². The molecule has 0 aliphatic heterocycles. The maximum absolute atomic E-state index is 10.7. The van der Waals surface area contributed by atoms with Gasteiger partial charge in [-0.2, -0.15) is 0 Å². The van der Waals surface area contributed by atoms with Gasteiger partial charge in [0.25, 0.3) is 5.69 Å². The second-order valence-corrected chi connectivity index (χ2v) is 6.14. The van der Waals surface area contributed by atoms with E-state index in [4.69, 9.17) is 0 Å². The van der Waals surface area contributed by atoms with Crippen LogP contribution in [-0.2, 0) is 6.42 Å². The van der Waals surface area contributed by atoms with E-state index in [0.717, 1.165) is 17.8 Å². The van der Waals surface area contributed by atoms with Crippen molar-refractivity contribution in [2.75, 3.05) is 5.32 Å². The lowest BCUT2D eigenvalue weighted by Crippen LogP contribution is -1.93. The van der Waals surface area contributed by atoms with Crippen molar-refractivity contribution < 1.29 is 4.92 Å². The lowest BCUT2D eigenvalue weighted by Gasteiger charge is -2.08. The number of non-ortho nitro benzene ring substituents is 1. The van der Waals surface area contributed by atoms with Crippen molar-refractivity contribution >= 4 is 17.1 Å². The minimum absolute atomic E-state index is 0.106. The molecule has 0 aliphatic carbocycles. The van der Waals surface area contributed by atoms with Crippen LogP contribution in [0.1, 0.15) is 51.0 Å². The number of benzene rings is 2. The fourth-order valence-corrected chi connectivity index (χ4v) is 2.70. The Morgan fingerprint density at radius 1 is 0.833 bits per heavy atom. The van der Waals surface area contributed by atoms with Crippen molar-refractivity contribution in [2.24, 2.45) is 0 Å². The summed E-state index contributed by atoms with van der Waals surface area (Å²) in [5.74, 6) is 0. The van der Waals surface area contributed by atoms with Crippen LogP contribution in [0.5, 0.6) is 0 Å². The Morgan fingerprint density at radius 3 is 1.96 bits per heavy atom. The molecule has 0 unspecified atom stereocenters. The molecule has 4 nitrogen and oxygen atoms in total. The van der Waals surface area contributed by atoms with Gasteiger partial charge in [-0.1, -0.05) is 51.2 Å². The zero-order chi connectivity index (χ0) is 17.2. The lowest BCUT2D eigenvalue weighted by atomic mass is 10.0. The maximum Gasteiger partial charge on any atom is 0.269 e. The Labute approximate surface area is 144 Å². The molecule has 0 heterocycles. The van der Waals surface area contributed by atoms with Crippen molar-refractivity contribution in [1.29, 1.82) is 0 Å². The highest BCUT2D eigenvalue weighted by Crippen LogP contribution is 2.21. The van der Waals surface area contributed by atoms with Crippen molar-refractivity contribution in [3.63, 3.8) is 0 Å². The number of hydrogen-bond donors (Lipinski definition) is 1. The van der Waals surface area contributed by atoms with Crippen LogP contribution in [0.15, 0.2) is 48.5 Å². The van der Waals surface area contributed by atoms with Crippen LogP contribution in [0, 0.1) is 10.1 Å². The molecule has 1 N–H and O–H groups in total. The number of nitrogens with one attached hydrogen (secondary N) is 1. The van der Waals surface area contributed by atoms with E-state index < -0.39 is 0 Å². The van der Waals surface area contributed by atoms with E-state index >= 15 is 0 Å². The molecule has 0 bridgehead atoms. The molecule has 0 aromatic heterocycles. The lowest BCUT2D eigenvalue weighted by molar-refractivity contribution is -0.384. The molecule has 0 saturated carbocycles. The van der Waals surface area contributed by atoms with Crippen LogP contribution >= 0.6 is 0 Å². The van der Waals surface area contributed by atoms with E-state index in [1.165, 1.54) is 56.2 Å². The second kappa shape index (κ2) is 9.71. The quantitative estimate of drug-likeness (QED) is 0.319. The molecule has 2 aromatic carbocycles. The third kappa shape index (κ3) is 6.03. The summed E-state index contributed by atoms with van der Waals surface area (Å²) in [5, 5.41) is 13.9. The molecule has 0 atom stereocenters. The first kappa shape index (κ1) is 18.0. The number of unbranched alkanes of at least 4 members (excludes halogenated alkanes) is 5. The Kier molecular flexibility index (Phi) is 7.27. The summed E-state index contributed by atoms with van der Waals surface area (Å²) < 4.78 is 0. The molecule has 2 rings (SSSR count). The molecule has 0 amide bonds. The highest BCUT2D eigenvalue weighted by atomic mass is 16.6. The Morgan fingerprint density at radius 2 is 1.38 bits per heavy atom. The molecule has 0 aliphatic rings. The topological polar surface area (TPSA) is 55.2 Å². The normalized spacial score (nSPS) is 10.5. The van der Waals surface area contributed by atoms with E-state index in [1.807, 2.05) is 0 Å². The smallest absolute Gasteiger partial charge is 0.269 e. The maximum atomic E-state index is 10.7. The third-order valence-electron chi connectivity index (χ3n) is 4.14. The van der Waals surface area contributed by atoms with Crippen LogP contribution in [0.4, 0.5) is 17.1 Å². The van der Waals surface area contributed by atoms with Crippen LogP contribution in [0.25, 0.3) is 0 Å². The standard InChI is InChI=1S/C20H26N2O2/c1-2-3-4-5-6-7-8-17-9-11-18(12-10-17)21-19-13-15-20(16-14-19)22(23)24/h9-16,21H,2-8H2,1H3. The van der Waals surface area contributed by atoms with Crippen LogP contribution < -0.4 is 5.32 Å². The zero-order valence-electron chi connectivity index (χ0n) is 14.3. The van der Waals surface area contributed by atoms with E-state index in [1.54, 1.807) is 12.1 Å². The Balaban J connectivity index is 1.78. The van der Waals surface area contributed by atoms with Crippen molar-refractivity contribution in [3.8, 4) is 0 Å².